The first kappa shape index (κ1) is 9.31. The van der Waals surface area contributed by atoms with Gasteiger partial charge in [0.05, 0.1) is 6.10 Å². The van der Waals surface area contributed by atoms with Gasteiger partial charge in [-0.3, -0.25) is 0 Å². The molecule has 2 rings (SSSR count). The summed E-state index contributed by atoms with van der Waals surface area (Å²) in [4.78, 5) is 4.17. The van der Waals surface area contributed by atoms with Crippen molar-refractivity contribution in [1.82, 2.24) is 4.98 Å². The Hall–Kier alpha value is -1.25. The van der Waals surface area contributed by atoms with E-state index >= 15 is 0 Å². The average molecular weight is 192 g/mol. The van der Waals surface area contributed by atoms with Crippen molar-refractivity contribution < 1.29 is 4.74 Å². The standard InChI is InChI=1S/C11H16N2O/c1-8-6-7-10(11(12)13-8)14-9-4-2-3-5-9/h6-7,9H,2-5H2,1H3,(H2,12,13). The zero-order chi connectivity index (χ0) is 9.97. The molecule has 0 aromatic carbocycles. The summed E-state index contributed by atoms with van der Waals surface area (Å²) in [6.07, 6.45) is 5.18. The zero-order valence-corrected chi connectivity index (χ0v) is 8.49. The molecular formula is C11H16N2O. The molecule has 1 aliphatic carbocycles. The van der Waals surface area contributed by atoms with Crippen molar-refractivity contribution in [1.29, 1.82) is 0 Å². The van der Waals surface area contributed by atoms with Gasteiger partial charge in [-0.1, -0.05) is 0 Å². The second kappa shape index (κ2) is 3.86. The molecule has 3 heteroatoms. The van der Waals surface area contributed by atoms with Crippen LogP contribution in [0.15, 0.2) is 12.1 Å². The number of hydrogen-bond donors (Lipinski definition) is 1. The molecule has 1 saturated carbocycles. The van der Waals surface area contributed by atoms with Crippen LogP contribution in [0.4, 0.5) is 5.82 Å². The normalized spacial score (nSPS) is 17.2. The molecule has 76 valence electrons. The van der Waals surface area contributed by atoms with Gasteiger partial charge in [0.2, 0.25) is 0 Å². The average Bonchev–Trinajstić information content (AvgIpc) is 2.62. The minimum Gasteiger partial charge on any atom is -0.487 e. The Kier molecular flexibility index (Phi) is 2.57. The van der Waals surface area contributed by atoms with Crippen molar-refractivity contribution in [2.75, 3.05) is 5.73 Å². The maximum absolute atomic E-state index is 5.77. The third-order valence-corrected chi connectivity index (χ3v) is 2.62. The molecule has 0 radical (unpaired) electrons. The molecule has 0 bridgehead atoms. The Bertz CT molecular complexity index is 319. The van der Waals surface area contributed by atoms with Gasteiger partial charge >= 0.3 is 0 Å². The number of aryl methyl sites for hydroxylation is 1. The molecular weight excluding hydrogens is 176 g/mol. The van der Waals surface area contributed by atoms with Gasteiger partial charge in [-0.2, -0.15) is 0 Å². The van der Waals surface area contributed by atoms with Crippen LogP contribution < -0.4 is 10.5 Å². The monoisotopic (exact) mass is 192 g/mol. The van der Waals surface area contributed by atoms with Crippen LogP contribution in [0.5, 0.6) is 5.75 Å². The van der Waals surface area contributed by atoms with E-state index in [1.807, 2.05) is 19.1 Å². The van der Waals surface area contributed by atoms with E-state index in [-0.39, 0.29) is 0 Å². The molecule has 0 saturated heterocycles. The Balaban J connectivity index is 2.08. The SMILES string of the molecule is Cc1ccc(OC2CCCC2)c(N)n1. The van der Waals surface area contributed by atoms with Crippen LogP contribution in [0.3, 0.4) is 0 Å². The highest BCUT2D eigenvalue weighted by Crippen LogP contribution is 2.26. The largest absolute Gasteiger partial charge is 0.487 e. The van der Waals surface area contributed by atoms with Gasteiger partial charge in [0, 0.05) is 5.69 Å². The van der Waals surface area contributed by atoms with Crippen molar-refractivity contribution in [3.63, 3.8) is 0 Å². The van der Waals surface area contributed by atoms with Crippen LogP contribution in [0.1, 0.15) is 31.4 Å². The third kappa shape index (κ3) is 1.97. The van der Waals surface area contributed by atoms with Crippen molar-refractivity contribution in [3.05, 3.63) is 17.8 Å². The highest BCUT2D eigenvalue weighted by atomic mass is 16.5. The van der Waals surface area contributed by atoms with E-state index in [9.17, 15) is 0 Å². The van der Waals surface area contributed by atoms with E-state index in [0.717, 1.165) is 24.3 Å². The lowest BCUT2D eigenvalue weighted by Crippen LogP contribution is -2.12. The molecule has 14 heavy (non-hydrogen) atoms. The molecule has 3 nitrogen and oxygen atoms in total. The van der Waals surface area contributed by atoms with Crippen molar-refractivity contribution in [3.8, 4) is 5.75 Å². The summed E-state index contributed by atoms with van der Waals surface area (Å²) < 4.78 is 5.77. The maximum Gasteiger partial charge on any atom is 0.166 e. The van der Waals surface area contributed by atoms with Gasteiger partial charge in [0.15, 0.2) is 11.6 Å². The van der Waals surface area contributed by atoms with Crippen LogP contribution in [-0.2, 0) is 0 Å². The summed E-state index contributed by atoms with van der Waals surface area (Å²) in [5.74, 6) is 1.25. The minimum absolute atomic E-state index is 0.349. The van der Waals surface area contributed by atoms with E-state index in [2.05, 4.69) is 4.98 Å². The third-order valence-electron chi connectivity index (χ3n) is 2.62. The lowest BCUT2D eigenvalue weighted by molar-refractivity contribution is 0.210. The minimum atomic E-state index is 0.349. The van der Waals surface area contributed by atoms with Gasteiger partial charge in [-0.15, -0.1) is 0 Å². The van der Waals surface area contributed by atoms with Crippen LogP contribution in [0, 0.1) is 6.92 Å². The number of nitrogen functional groups attached to an aromatic ring is 1. The van der Waals surface area contributed by atoms with Crippen molar-refractivity contribution in [2.24, 2.45) is 0 Å². The highest BCUT2D eigenvalue weighted by molar-refractivity contribution is 5.46. The second-order valence-corrected chi connectivity index (χ2v) is 3.86. The van der Waals surface area contributed by atoms with Gasteiger partial charge in [-0.05, 0) is 44.7 Å². The van der Waals surface area contributed by atoms with Crippen molar-refractivity contribution in [2.45, 2.75) is 38.7 Å². The highest BCUT2D eigenvalue weighted by Gasteiger charge is 2.17. The molecule has 1 heterocycles. The van der Waals surface area contributed by atoms with E-state index < -0.39 is 0 Å². The van der Waals surface area contributed by atoms with Gasteiger partial charge in [0.1, 0.15) is 0 Å². The number of aromatic nitrogens is 1. The number of anilines is 1. The summed E-state index contributed by atoms with van der Waals surface area (Å²) >= 11 is 0. The van der Waals surface area contributed by atoms with Gasteiger partial charge in [-0.25, -0.2) is 4.98 Å². The first-order chi connectivity index (χ1) is 6.75. The van der Waals surface area contributed by atoms with E-state index in [0.29, 0.717) is 11.9 Å². The van der Waals surface area contributed by atoms with Crippen LogP contribution in [0.25, 0.3) is 0 Å². The molecule has 2 N–H and O–H groups in total. The fourth-order valence-electron chi connectivity index (χ4n) is 1.85. The van der Waals surface area contributed by atoms with E-state index in [4.69, 9.17) is 10.5 Å². The summed E-state index contributed by atoms with van der Waals surface area (Å²) in [6.45, 7) is 1.93. The summed E-state index contributed by atoms with van der Waals surface area (Å²) in [5, 5.41) is 0. The van der Waals surface area contributed by atoms with Crippen LogP contribution in [0.2, 0.25) is 0 Å². The first-order valence-electron chi connectivity index (χ1n) is 5.15. The Morgan fingerprint density at radius 2 is 2.07 bits per heavy atom. The Labute approximate surface area is 84.3 Å². The number of hydrogen-bond acceptors (Lipinski definition) is 3. The number of rotatable bonds is 2. The topological polar surface area (TPSA) is 48.1 Å². The smallest absolute Gasteiger partial charge is 0.166 e. The van der Waals surface area contributed by atoms with E-state index in [1.165, 1.54) is 12.8 Å². The molecule has 1 aromatic heterocycles. The summed E-state index contributed by atoms with van der Waals surface area (Å²) in [6, 6.07) is 3.84. The fourth-order valence-corrected chi connectivity index (χ4v) is 1.85. The molecule has 1 aliphatic rings. The molecule has 0 spiro atoms. The first-order valence-corrected chi connectivity index (χ1v) is 5.15. The number of nitrogens with zero attached hydrogens (tertiary/aromatic N) is 1. The summed E-state index contributed by atoms with van der Waals surface area (Å²) in [7, 11) is 0. The molecule has 0 atom stereocenters. The Morgan fingerprint density at radius 1 is 1.36 bits per heavy atom. The molecule has 0 aliphatic heterocycles. The summed E-state index contributed by atoms with van der Waals surface area (Å²) in [5.41, 5.74) is 6.70. The zero-order valence-electron chi connectivity index (χ0n) is 8.49. The van der Waals surface area contributed by atoms with Gasteiger partial charge in [0.25, 0.3) is 0 Å². The lowest BCUT2D eigenvalue weighted by atomic mass is 10.3. The molecule has 0 unspecified atom stereocenters. The van der Waals surface area contributed by atoms with Crippen LogP contribution in [-0.4, -0.2) is 11.1 Å². The molecule has 1 aromatic rings. The number of pyridine rings is 1. The van der Waals surface area contributed by atoms with Crippen LogP contribution >= 0.6 is 0 Å². The number of nitrogens with two attached hydrogens (primary N) is 1. The lowest BCUT2D eigenvalue weighted by Gasteiger charge is -2.14. The van der Waals surface area contributed by atoms with E-state index in [1.54, 1.807) is 0 Å². The predicted octanol–water partition coefficient (Wildman–Crippen LogP) is 2.29. The van der Waals surface area contributed by atoms with Crippen molar-refractivity contribution >= 4 is 5.82 Å². The predicted molar refractivity (Wildman–Crippen MR) is 56.3 cm³/mol. The fraction of sp³-hybridized carbons (Fsp3) is 0.545. The second-order valence-electron chi connectivity index (χ2n) is 3.86. The van der Waals surface area contributed by atoms with Gasteiger partial charge < -0.3 is 10.5 Å². The maximum atomic E-state index is 5.77. The molecule has 0 amide bonds. The Morgan fingerprint density at radius 3 is 2.71 bits per heavy atom. The number of ether oxygens (including phenoxy) is 1. The quantitative estimate of drug-likeness (QED) is 0.782. The molecule has 1 fully saturated rings.